The van der Waals surface area contributed by atoms with Crippen molar-refractivity contribution in [1.29, 1.82) is 0 Å². The highest BCUT2D eigenvalue weighted by Crippen LogP contribution is 2.26. The first-order chi connectivity index (χ1) is 12.9. The van der Waals surface area contributed by atoms with Gasteiger partial charge in [0.25, 0.3) is 0 Å². The predicted molar refractivity (Wildman–Crippen MR) is 100 cm³/mol. The van der Waals surface area contributed by atoms with Gasteiger partial charge in [-0.3, -0.25) is 4.79 Å². The van der Waals surface area contributed by atoms with E-state index in [1.807, 2.05) is 13.8 Å². The highest BCUT2D eigenvalue weighted by molar-refractivity contribution is 5.95. The van der Waals surface area contributed by atoms with Gasteiger partial charge in [-0.15, -0.1) is 0 Å². The number of carbonyl (C=O) groups is 2. The quantitative estimate of drug-likeness (QED) is 0.866. The van der Waals surface area contributed by atoms with Crippen molar-refractivity contribution in [3.8, 4) is 5.75 Å². The van der Waals surface area contributed by atoms with Crippen molar-refractivity contribution in [1.82, 2.24) is 10.2 Å². The second-order valence-corrected chi connectivity index (χ2v) is 6.57. The fourth-order valence-electron chi connectivity index (χ4n) is 3.01. The number of amides is 3. The van der Waals surface area contributed by atoms with Gasteiger partial charge in [0.05, 0.1) is 6.10 Å². The number of nitrogens with one attached hydrogen (secondary N) is 2. The van der Waals surface area contributed by atoms with Crippen LogP contribution in [0.15, 0.2) is 48.5 Å². The van der Waals surface area contributed by atoms with Gasteiger partial charge >= 0.3 is 6.03 Å². The molecule has 0 saturated carbocycles. The van der Waals surface area contributed by atoms with Crippen molar-refractivity contribution in [2.24, 2.45) is 0 Å². The number of benzene rings is 2. The van der Waals surface area contributed by atoms with E-state index in [4.69, 9.17) is 4.74 Å². The van der Waals surface area contributed by atoms with Crippen LogP contribution in [0.25, 0.3) is 0 Å². The van der Waals surface area contributed by atoms with Gasteiger partial charge in [-0.1, -0.05) is 18.2 Å². The molecule has 7 heteroatoms. The molecule has 0 unspecified atom stereocenters. The second kappa shape index (κ2) is 8.07. The summed E-state index contributed by atoms with van der Waals surface area (Å²) in [6, 6.07) is 11.5. The van der Waals surface area contributed by atoms with Crippen LogP contribution in [-0.4, -0.2) is 36.0 Å². The Morgan fingerprint density at radius 1 is 1.26 bits per heavy atom. The van der Waals surface area contributed by atoms with Crippen molar-refractivity contribution in [3.05, 3.63) is 59.9 Å². The van der Waals surface area contributed by atoms with E-state index < -0.39 is 17.9 Å². The Kier molecular flexibility index (Phi) is 5.59. The monoisotopic (exact) mass is 371 g/mol. The molecule has 0 aromatic heterocycles. The van der Waals surface area contributed by atoms with Gasteiger partial charge in [0, 0.05) is 24.8 Å². The fraction of sp³-hybridized carbons (Fsp3) is 0.300. The summed E-state index contributed by atoms with van der Waals surface area (Å²) in [7, 11) is 0. The number of piperazine rings is 1. The first-order valence-corrected chi connectivity index (χ1v) is 8.81. The summed E-state index contributed by atoms with van der Waals surface area (Å²) >= 11 is 0. The lowest BCUT2D eigenvalue weighted by Crippen LogP contribution is -2.53. The molecule has 1 heterocycles. The molecule has 1 aliphatic heterocycles. The van der Waals surface area contributed by atoms with Crippen molar-refractivity contribution in [3.63, 3.8) is 0 Å². The number of nitrogens with zero attached hydrogens (tertiary/aromatic N) is 1. The van der Waals surface area contributed by atoms with E-state index in [9.17, 15) is 14.0 Å². The SMILES string of the molecule is CC(C)Oc1cccc(NC(=O)N2CCNC(=O)[C@@H]2c2cccc(F)c2)c1. The molecule has 0 aliphatic carbocycles. The van der Waals surface area contributed by atoms with E-state index in [0.29, 0.717) is 30.1 Å². The second-order valence-electron chi connectivity index (χ2n) is 6.57. The number of anilines is 1. The van der Waals surface area contributed by atoms with E-state index >= 15 is 0 Å². The Balaban J connectivity index is 1.80. The van der Waals surface area contributed by atoms with Crippen LogP contribution in [0.2, 0.25) is 0 Å². The van der Waals surface area contributed by atoms with Gasteiger partial charge < -0.3 is 20.3 Å². The first-order valence-electron chi connectivity index (χ1n) is 8.81. The Bertz CT molecular complexity index is 841. The highest BCUT2D eigenvalue weighted by atomic mass is 19.1. The standard InChI is InChI=1S/C20H22FN3O3/c1-13(2)27-17-8-4-7-16(12-17)23-20(26)24-10-9-22-19(25)18(24)14-5-3-6-15(21)11-14/h3-8,11-13,18H,9-10H2,1-2H3,(H,22,25)(H,23,26)/t18-/m0/s1. The van der Waals surface area contributed by atoms with Crippen molar-refractivity contribution in [2.75, 3.05) is 18.4 Å². The molecule has 2 N–H and O–H groups in total. The minimum atomic E-state index is -0.885. The number of carbonyl (C=O) groups excluding carboxylic acids is 2. The molecule has 3 rings (SSSR count). The molecule has 1 aliphatic rings. The highest BCUT2D eigenvalue weighted by Gasteiger charge is 2.34. The third-order valence-electron chi connectivity index (χ3n) is 4.09. The lowest BCUT2D eigenvalue weighted by molar-refractivity contribution is -0.127. The predicted octanol–water partition coefficient (Wildman–Crippen LogP) is 3.32. The minimum Gasteiger partial charge on any atom is -0.491 e. The topological polar surface area (TPSA) is 70.7 Å². The lowest BCUT2D eigenvalue weighted by atomic mass is 10.0. The maximum Gasteiger partial charge on any atom is 0.322 e. The van der Waals surface area contributed by atoms with Crippen molar-refractivity contribution >= 4 is 17.6 Å². The fourth-order valence-corrected chi connectivity index (χ4v) is 3.01. The zero-order valence-corrected chi connectivity index (χ0v) is 15.2. The molecule has 1 fully saturated rings. The molecule has 0 radical (unpaired) electrons. The van der Waals surface area contributed by atoms with Crippen LogP contribution < -0.4 is 15.4 Å². The molecular formula is C20H22FN3O3. The number of hydrogen-bond donors (Lipinski definition) is 2. The van der Waals surface area contributed by atoms with Crippen molar-refractivity contribution < 1.29 is 18.7 Å². The average molecular weight is 371 g/mol. The molecule has 142 valence electrons. The van der Waals surface area contributed by atoms with Gasteiger partial charge in [0.1, 0.15) is 17.6 Å². The Morgan fingerprint density at radius 2 is 2.04 bits per heavy atom. The van der Waals surface area contributed by atoms with Crippen molar-refractivity contribution in [2.45, 2.75) is 26.0 Å². The maximum absolute atomic E-state index is 13.6. The van der Waals surface area contributed by atoms with E-state index in [1.165, 1.54) is 23.1 Å². The minimum absolute atomic E-state index is 0.0131. The summed E-state index contributed by atoms with van der Waals surface area (Å²) in [6.45, 7) is 4.50. The smallest absolute Gasteiger partial charge is 0.322 e. The summed E-state index contributed by atoms with van der Waals surface area (Å²) in [4.78, 5) is 26.6. The van der Waals surface area contributed by atoms with Gasteiger partial charge in [0.2, 0.25) is 5.91 Å². The molecule has 27 heavy (non-hydrogen) atoms. The van der Waals surface area contributed by atoms with Crippen LogP contribution in [0.1, 0.15) is 25.5 Å². The molecular weight excluding hydrogens is 349 g/mol. The first kappa shape index (κ1) is 18.7. The Labute approximate surface area is 157 Å². The number of urea groups is 1. The third-order valence-corrected chi connectivity index (χ3v) is 4.09. The van der Waals surface area contributed by atoms with E-state index in [2.05, 4.69) is 10.6 Å². The third kappa shape index (κ3) is 4.55. The summed E-state index contributed by atoms with van der Waals surface area (Å²) in [5.74, 6) is -0.149. The molecule has 3 amide bonds. The molecule has 1 atom stereocenters. The number of hydrogen-bond acceptors (Lipinski definition) is 3. The Hall–Kier alpha value is -3.09. The summed E-state index contributed by atoms with van der Waals surface area (Å²) < 4.78 is 19.2. The van der Waals surface area contributed by atoms with E-state index in [1.54, 1.807) is 30.3 Å². The molecule has 0 bridgehead atoms. The zero-order chi connectivity index (χ0) is 19.4. The van der Waals surface area contributed by atoms with Crippen LogP contribution in [0.5, 0.6) is 5.75 Å². The zero-order valence-electron chi connectivity index (χ0n) is 15.2. The normalized spacial score (nSPS) is 16.8. The summed E-state index contributed by atoms with van der Waals surface area (Å²) in [6.07, 6.45) is 0.0131. The van der Waals surface area contributed by atoms with Gasteiger partial charge in [-0.2, -0.15) is 0 Å². The number of rotatable bonds is 4. The summed E-state index contributed by atoms with van der Waals surface area (Å²) in [5, 5.41) is 5.52. The van der Waals surface area contributed by atoms with Crippen LogP contribution in [0.4, 0.5) is 14.9 Å². The van der Waals surface area contributed by atoms with Gasteiger partial charge in [-0.05, 0) is 43.7 Å². The van der Waals surface area contributed by atoms with Crippen LogP contribution in [-0.2, 0) is 4.79 Å². The molecule has 6 nitrogen and oxygen atoms in total. The molecule has 1 saturated heterocycles. The van der Waals surface area contributed by atoms with Crippen LogP contribution in [0, 0.1) is 5.82 Å². The summed E-state index contributed by atoms with van der Waals surface area (Å²) in [5.41, 5.74) is 0.987. The maximum atomic E-state index is 13.6. The largest absolute Gasteiger partial charge is 0.491 e. The van der Waals surface area contributed by atoms with E-state index in [0.717, 1.165) is 0 Å². The van der Waals surface area contributed by atoms with Crippen LogP contribution >= 0.6 is 0 Å². The number of ether oxygens (including phenoxy) is 1. The lowest BCUT2D eigenvalue weighted by Gasteiger charge is -2.35. The molecule has 2 aromatic carbocycles. The molecule has 0 spiro atoms. The Morgan fingerprint density at radius 3 is 2.78 bits per heavy atom. The van der Waals surface area contributed by atoms with Gasteiger partial charge in [0.15, 0.2) is 0 Å². The van der Waals surface area contributed by atoms with Gasteiger partial charge in [-0.25, -0.2) is 9.18 Å². The number of halogens is 1. The van der Waals surface area contributed by atoms with E-state index in [-0.39, 0.29) is 12.0 Å². The average Bonchev–Trinajstić information content (AvgIpc) is 2.61. The van der Waals surface area contributed by atoms with Crippen LogP contribution in [0.3, 0.4) is 0 Å². The molecule has 2 aromatic rings.